The molecule has 0 aliphatic heterocycles. The van der Waals surface area contributed by atoms with Crippen LogP contribution in [0.1, 0.15) is 32.2 Å². The van der Waals surface area contributed by atoms with Crippen molar-refractivity contribution in [1.29, 1.82) is 0 Å². The molecule has 8 nitrogen and oxygen atoms in total. The maximum Gasteiger partial charge on any atom is 0.337 e. The molecule has 3 aromatic carbocycles. The number of carbonyl (C=O) groups excluding carboxylic acids is 2. The van der Waals surface area contributed by atoms with Crippen LogP contribution in [0.15, 0.2) is 108 Å². The van der Waals surface area contributed by atoms with Gasteiger partial charge in [-0.05, 0) is 48.5 Å². The molecule has 0 atom stereocenters. The van der Waals surface area contributed by atoms with Crippen LogP contribution in [-0.2, 0) is 17.9 Å². The molecule has 0 fully saturated rings. The first kappa shape index (κ1) is 24.6. The number of nitrogens with zero attached hydrogens (tertiary/aromatic N) is 2. The number of carbonyl (C=O) groups is 2. The smallest absolute Gasteiger partial charge is 0.337 e. The van der Waals surface area contributed by atoms with E-state index in [9.17, 15) is 9.59 Å². The maximum absolute atomic E-state index is 12.8. The molecule has 1 N–H and O–H groups in total. The molecule has 2 aromatic heterocycles. The van der Waals surface area contributed by atoms with Crippen LogP contribution in [0.3, 0.4) is 0 Å². The van der Waals surface area contributed by atoms with Crippen molar-refractivity contribution in [1.82, 2.24) is 15.1 Å². The fourth-order valence-electron chi connectivity index (χ4n) is 3.89. The summed E-state index contributed by atoms with van der Waals surface area (Å²) in [5, 5.41) is 7.71. The van der Waals surface area contributed by atoms with E-state index in [-0.39, 0.29) is 24.8 Å². The Morgan fingerprint density at radius 1 is 0.895 bits per heavy atom. The van der Waals surface area contributed by atoms with Gasteiger partial charge in [0.05, 0.1) is 24.1 Å². The maximum atomic E-state index is 12.8. The van der Waals surface area contributed by atoms with Crippen LogP contribution in [0.25, 0.3) is 16.9 Å². The zero-order valence-corrected chi connectivity index (χ0v) is 20.7. The van der Waals surface area contributed by atoms with Crippen LogP contribution in [0, 0.1) is 0 Å². The topological polar surface area (TPSA) is 95.6 Å². The lowest BCUT2D eigenvalue weighted by molar-refractivity contribution is 0.0600. The summed E-state index contributed by atoms with van der Waals surface area (Å²) >= 11 is 0. The fourth-order valence-corrected chi connectivity index (χ4v) is 3.89. The number of ether oxygens (including phenoxy) is 2. The molecule has 190 valence electrons. The first-order valence-corrected chi connectivity index (χ1v) is 12.0. The molecule has 0 aliphatic rings. The summed E-state index contributed by atoms with van der Waals surface area (Å²) in [7, 11) is 1.33. The van der Waals surface area contributed by atoms with Crippen molar-refractivity contribution in [3.05, 3.63) is 126 Å². The zero-order chi connectivity index (χ0) is 26.3. The molecular formula is C30H25N3O5. The standard InChI is InChI=1S/C30H25N3O5/c1-36-30(35)22-12-14-25(15-13-22)37-20-26-16-17-27(38-26)29(34)31-18-23-19-33(24-10-6-3-7-11-24)32-28(23)21-8-4-2-5-9-21/h2-17,19H,18,20H2,1H3,(H,31,34). The highest BCUT2D eigenvalue weighted by atomic mass is 16.5. The van der Waals surface area contributed by atoms with Crippen LogP contribution in [-0.4, -0.2) is 28.8 Å². The molecule has 0 aliphatic carbocycles. The minimum absolute atomic E-state index is 0.132. The molecule has 0 radical (unpaired) electrons. The Labute approximate surface area is 219 Å². The number of esters is 1. The van der Waals surface area contributed by atoms with Gasteiger partial charge in [0.15, 0.2) is 5.76 Å². The van der Waals surface area contributed by atoms with Crippen molar-refractivity contribution in [2.75, 3.05) is 7.11 Å². The lowest BCUT2D eigenvalue weighted by Gasteiger charge is -2.06. The predicted octanol–water partition coefficient (Wildman–Crippen LogP) is 5.43. The van der Waals surface area contributed by atoms with Gasteiger partial charge in [0.25, 0.3) is 5.91 Å². The van der Waals surface area contributed by atoms with Crippen molar-refractivity contribution in [2.24, 2.45) is 0 Å². The third-order valence-electron chi connectivity index (χ3n) is 5.84. The average molecular weight is 508 g/mol. The third kappa shape index (κ3) is 5.65. The van der Waals surface area contributed by atoms with Gasteiger partial charge in [-0.15, -0.1) is 0 Å². The number of furan rings is 1. The molecule has 5 aromatic rings. The van der Waals surface area contributed by atoms with E-state index in [1.165, 1.54) is 7.11 Å². The summed E-state index contributed by atoms with van der Waals surface area (Å²) in [6.45, 7) is 0.405. The molecule has 0 saturated carbocycles. The molecule has 0 saturated heterocycles. The quantitative estimate of drug-likeness (QED) is 0.268. The average Bonchev–Trinajstić information content (AvgIpc) is 3.63. The molecule has 5 rings (SSSR count). The number of hydrogen-bond acceptors (Lipinski definition) is 6. The second-order valence-corrected chi connectivity index (χ2v) is 8.40. The number of aromatic nitrogens is 2. The number of para-hydroxylation sites is 1. The van der Waals surface area contributed by atoms with E-state index in [2.05, 4.69) is 5.32 Å². The number of methoxy groups -OCH3 is 1. The Balaban J connectivity index is 1.24. The summed E-state index contributed by atoms with van der Waals surface area (Å²) in [4.78, 5) is 24.4. The van der Waals surface area contributed by atoms with Crippen LogP contribution < -0.4 is 10.1 Å². The van der Waals surface area contributed by atoms with Gasteiger partial charge in [-0.2, -0.15) is 5.10 Å². The highest BCUT2D eigenvalue weighted by Crippen LogP contribution is 2.24. The van der Waals surface area contributed by atoms with Crippen LogP contribution >= 0.6 is 0 Å². The first-order valence-electron chi connectivity index (χ1n) is 12.0. The van der Waals surface area contributed by atoms with E-state index < -0.39 is 5.97 Å². The van der Waals surface area contributed by atoms with Gasteiger partial charge >= 0.3 is 5.97 Å². The van der Waals surface area contributed by atoms with E-state index in [0.717, 1.165) is 22.5 Å². The Bertz CT molecular complexity index is 1520. The molecule has 0 spiro atoms. The van der Waals surface area contributed by atoms with E-state index in [4.69, 9.17) is 19.0 Å². The third-order valence-corrected chi connectivity index (χ3v) is 5.84. The number of rotatable bonds is 9. The van der Waals surface area contributed by atoms with Gasteiger partial charge in [0, 0.05) is 23.9 Å². The molecule has 38 heavy (non-hydrogen) atoms. The van der Waals surface area contributed by atoms with Gasteiger partial charge in [-0.3, -0.25) is 4.79 Å². The van der Waals surface area contributed by atoms with Crippen LogP contribution in [0.5, 0.6) is 5.75 Å². The van der Waals surface area contributed by atoms with E-state index in [0.29, 0.717) is 17.1 Å². The van der Waals surface area contributed by atoms with Crippen molar-refractivity contribution in [3.8, 4) is 22.7 Å². The molecule has 2 heterocycles. The Morgan fingerprint density at radius 2 is 1.61 bits per heavy atom. The molecule has 8 heteroatoms. The minimum Gasteiger partial charge on any atom is -0.486 e. The Hall–Kier alpha value is -5.11. The summed E-state index contributed by atoms with van der Waals surface area (Å²) in [6.07, 6.45) is 1.92. The van der Waals surface area contributed by atoms with Gasteiger partial charge in [-0.1, -0.05) is 48.5 Å². The summed E-state index contributed by atoms with van der Waals surface area (Å²) in [5.41, 5.74) is 3.99. The van der Waals surface area contributed by atoms with Crippen LogP contribution in [0.4, 0.5) is 0 Å². The molecule has 0 unspecified atom stereocenters. The predicted molar refractivity (Wildman–Crippen MR) is 141 cm³/mol. The summed E-state index contributed by atoms with van der Waals surface area (Å²) in [5.74, 6) is 0.478. The summed E-state index contributed by atoms with van der Waals surface area (Å²) in [6, 6.07) is 29.5. The van der Waals surface area contributed by atoms with Gasteiger partial charge < -0.3 is 19.2 Å². The lowest BCUT2D eigenvalue weighted by Crippen LogP contribution is -2.22. The normalized spacial score (nSPS) is 10.7. The second-order valence-electron chi connectivity index (χ2n) is 8.40. The van der Waals surface area contributed by atoms with Crippen molar-refractivity contribution in [2.45, 2.75) is 13.2 Å². The van der Waals surface area contributed by atoms with Crippen molar-refractivity contribution in [3.63, 3.8) is 0 Å². The SMILES string of the molecule is COC(=O)c1ccc(OCc2ccc(C(=O)NCc3cn(-c4ccccc4)nc3-c3ccccc3)o2)cc1. The number of hydrogen-bond donors (Lipinski definition) is 1. The van der Waals surface area contributed by atoms with Gasteiger partial charge in [-0.25, -0.2) is 9.48 Å². The van der Waals surface area contributed by atoms with Crippen molar-refractivity contribution >= 4 is 11.9 Å². The zero-order valence-electron chi connectivity index (χ0n) is 20.7. The summed E-state index contributed by atoms with van der Waals surface area (Å²) < 4.78 is 17.9. The van der Waals surface area contributed by atoms with E-state index in [1.54, 1.807) is 36.4 Å². The molecule has 1 amide bonds. The first-order chi connectivity index (χ1) is 18.6. The second kappa shape index (κ2) is 11.3. The van der Waals surface area contributed by atoms with Gasteiger partial charge in [0.1, 0.15) is 18.1 Å². The Kier molecular flexibility index (Phi) is 7.31. The number of benzene rings is 3. The molecular weight excluding hydrogens is 482 g/mol. The van der Waals surface area contributed by atoms with Gasteiger partial charge in [0.2, 0.25) is 0 Å². The monoisotopic (exact) mass is 507 g/mol. The highest BCUT2D eigenvalue weighted by molar-refractivity contribution is 5.91. The minimum atomic E-state index is -0.415. The lowest BCUT2D eigenvalue weighted by atomic mass is 10.1. The van der Waals surface area contributed by atoms with E-state index in [1.807, 2.05) is 71.5 Å². The molecule has 0 bridgehead atoms. The van der Waals surface area contributed by atoms with Crippen LogP contribution in [0.2, 0.25) is 0 Å². The fraction of sp³-hybridized carbons (Fsp3) is 0.100. The Morgan fingerprint density at radius 3 is 2.32 bits per heavy atom. The van der Waals surface area contributed by atoms with Crippen molar-refractivity contribution < 1.29 is 23.5 Å². The largest absolute Gasteiger partial charge is 0.486 e. The number of nitrogens with one attached hydrogen (secondary N) is 1. The van der Waals surface area contributed by atoms with E-state index >= 15 is 0 Å². The number of amides is 1. The highest BCUT2D eigenvalue weighted by Gasteiger charge is 2.16.